The number of benzene rings is 2. The van der Waals surface area contributed by atoms with Crippen molar-refractivity contribution in [2.75, 3.05) is 11.9 Å². The first-order chi connectivity index (χ1) is 11.8. The number of anilines is 1. The molecule has 0 saturated heterocycles. The molecule has 2 aromatic carbocycles. The van der Waals surface area contributed by atoms with E-state index in [0.717, 1.165) is 6.07 Å². The molecule has 0 unspecified atom stereocenters. The van der Waals surface area contributed by atoms with E-state index in [1.165, 1.54) is 30.3 Å². The number of carbonyl (C=O) groups excluding carboxylic acids is 2. The normalized spacial score (nSPS) is 11.1. The molecule has 0 radical (unpaired) electrons. The lowest BCUT2D eigenvalue weighted by molar-refractivity contribution is -0.139. The lowest BCUT2D eigenvalue weighted by atomic mass is 10.1. The second-order valence-corrected chi connectivity index (χ2v) is 5.81. The van der Waals surface area contributed by atoms with Crippen LogP contribution in [0.5, 0.6) is 5.75 Å². The van der Waals surface area contributed by atoms with Gasteiger partial charge in [-0.1, -0.05) is 0 Å². The molecule has 0 aliphatic heterocycles. The molecule has 0 aromatic heterocycles. The number of rotatable bonds is 5. The molecule has 0 aliphatic rings. The molecular weight excluding hydrogens is 403 g/mol. The maximum absolute atomic E-state index is 13.2. The number of hydrogen-bond acceptors (Lipinski definition) is 3. The summed E-state index contributed by atoms with van der Waals surface area (Å²) in [5.41, 5.74) is -0.442. The summed E-state index contributed by atoms with van der Waals surface area (Å²) in [6.45, 7) is 1.62. The summed E-state index contributed by atoms with van der Waals surface area (Å²) >= 11 is 3.02. The zero-order valence-corrected chi connectivity index (χ0v) is 14.6. The van der Waals surface area contributed by atoms with Crippen LogP contribution >= 0.6 is 15.9 Å². The van der Waals surface area contributed by atoms with Crippen molar-refractivity contribution in [1.29, 1.82) is 0 Å². The van der Waals surface area contributed by atoms with E-state index in [1.54, 1.807) is 6.92 Å². The first-order valence-electron chi connectivity index (χ1n) is 7.16. The van der Waals surface area contributed by atoms with Crippen molar-refractivity contribution in [2.24, 2.45) is 0 Å². The van der Waals surface area contributed by atoms with Gasteiger partial charge in [0, 0.05) is 16.8 Å². The molecule has 8 heteroatoms. The van der Waals surface area contributed by atoms with Gasteiger partial charge in [0.2, 0.25) is 0 Å². The summed E-state index contributed by atoms with van der Waals surface area (Å²) in [6.07, 6.45) is -4.03. The van der Waals surface area contributed by atoms with Gasteiger partial charge in [-0.2, -0.15) is 13.2 Å². The minimum Gasteiger partial charge on any atom is -0.492 e. The highest BCUT2D eigenvalue weighted by Gasteiger charge is 2.36. The Bertz CT molecular complexity index is 789. The van der Waals surface area contributed by atoms with Crippen LogP contribution in [-0.2, 0) is 6.18 Å². The summed E-state index contributed by atoms with van der Waals surface area (Å²) < 4.78 is 44.8. The van der Waals surface area contributed by atoms with E-state index in [0.29, 0.717) is 17.5 Å². The molecule has 0 aliphatic carbocycles. The number of hydrogen-bond donors (Lipinski definition) is 1. The van der Waals surface area contributed by atoms with E-state index in [4.69, 9.17) is 4.74 Å². The monoisotopic (exact) mass is 415 g/mol. The third-order valence-corrected chi connectivity index (χ3v) is 3.79. The summed E-state index contributed by atoms with van der Waals surface area (Å²) in [4.78, 5) is 22.9. The van der Waals surface area contributed by atoms with Gasteiger partial charge in [-0.3, -0.25) is 9.59 Å². The van der Waals surface area contributed by atoms with Crippen molar-refractivity contribution in [3.63, 3.8) is 0 Å². The fraction of sp³-hybridized carbons (Fsp3) is 0.176. The Labute approximate surface area is 150 Å². The van der Waals surface area contributed by atoms with Crippen LogP contribution in [0.3, 0.4) is 0 Å². The molecule has 0 fully saturated rings. The molecule has 25 heavy (non-hydrogen) atoms. The van der Waals surface area contributed by atoms with Crippen molar-refractivity contribution in [3.8, 4) is 5.75 Å². The van der Waals surface area contributed by atoms with Crippen LogP contribution in [0.15, 0.2) is 40.9 Å². The summed E-state index contributed by atoms with van der Waals surface area (Å²) in [5, 5.41) is 2.48. The van der Waals surface area contributed by atoms with E-state index in [-0.39, 0.29) is 22.4 Å². The number of amides is 1. The smallest absolute Gasteiger partial charge is 0.420 e. The van der Waals surface area contributed by atoms with Crippen LogP contribution in [0.25, 0.3) is 0 Å². The highest BCUT2D eigenvalue weighted by molar-refractivity contribution is 9.10. The number of halogens is 4. The Morgan fingerprint density at radius 2 is 1.88 bits per heavy atom. The Morgan fingerprint density at radius 3 is 2.40 bits per heavy atom. The Hall–Kier alpha value is -2.35. The predicted octanol–water partition coefficient (Wildman–Crippen LogP) is 4.93. The zero-order chi connectivity index (χ0) is 18.6. The molecule has 0 heterocycles. The van der Waals surface area contributed by atoms with Crippen LogP contribution in [0.1, 0.15) is 33.2 Å². The fourth-order valence-corrected chi connectivity index (χ4v) is 2.65. The third-order valence-electron chi connectivity index (χ3n) is 3.20. The SMILES string of the molecule is CCOc1c(Br)cc(C(=O)Nc2ccc(C=O)cc2)cc1C(F)(F)F. The van der Waals surface area contributed by atoms with E-state index in [9.17, 15) is 22.8 Å². The van der Waals surface area contributed by atoms with Crippen molar-refractivity contribution < 1.29 is 27.5 Å². The van der Waals surface area contributed by atoms with Crippen molar-refractivity contribution in [1.82, 2.24) is 0 Å². The van der Waals surface area contributed by atoms with Crippen LogP contribution in [-0.4, -0.2) is 18.8 Å². The number of nitrogens with one attached hydrogen (secondary N) is 1. The first kappa shape index (κ1) is 19.0. The first-order valence-corrected chi connectivity index (χ1v) is 7.95. The van der Waals surface area contributed by atoms with Gasteiger partial charge in [-0.15, -0.1) is 0 Å². The van der Waals surface area contributed by atoms with Gasteiger partial charge in [0.15, 0.2) is 0 Å². The number of carbonyl (C=O) groups is 2. The largest absolute Gasteiger partial charge is 0.492 e. The zero-order valence-electron chi connectivity index (χ0n) is 13.0. The average molecular weight is 416 g/mol. The van der Waals surface area contributed by atoms with Crippen LogP contribution in [0.4, 0.5) is 18.9 Å². The highest BCUT2D eigenvalue weighted by Crippen LogP contribution is 2.41. The highest BCUT2D eigenvalue weighted by atomic mass is 79.9. The molecule has 1 N–H and O–H groups in total. The van der Waals surface area contributed by atoms with Crippen molar-refractivity contribution in [2.45, 2.75) is 13.1 Å². The quantitative estimate of drug-likeness (QED) is 0.704. The summed E-state index contributed by atoms with van der Waals surface area (Å²) in [6, 6.07) is 7.93. The molecule has 0 saturated carbocycles. The molecular formula is C17H13BrF3NO3. The van der Waals surface area contributed by atoms with Gasteiger partial charge in [-0.05, 0) is 59.3 Å². The van der Waals surface area contributed by atoms with Crippen molar-refractivity contribution >= 4 is 33.8 Å². The van der Waals surface area contributed by atoms with Crippen LogP contribution in [0, 0.1) is 0 Å². The van der Waals surface area contributed by atoms with E-state index < -0.39 is 17.6 Å². The molecule has 1 amide bonds. The molecule has 2 rings (SSSR count). The minimum atomic E-state index is -4.67. The van der Waals surface area contributed by atoms with Crippen LogP contribution in [0.2, 0.25) is 0 Å². The van der Waals surface area contributed by atoms with Gasteiger partial charge in [0.25, 0.3) is 5.91 Å². The van der Waals surface area contributed by atoms with Gasteiger partial charge in [0.05, 0.1) is 16.6 Å². The summed E-state index contributed by atoms with van der Waals surface area (Å²) in [7, 11) is 0. The lowest BCUT2D eigenvalue weighted by Gasteiger charge is -2.16. The van der Waals surface area contributed by atoms with Gasteiger partial charge in [0.1, 0.15) is 12.0 Å². The second-order valence-electron chi connectivity index (χ2n) is 4.96. The number of aldehydes is 1. The molecule has 132 valence electrons. The number of alkyl halides is 3. The Morgan fingerprint density at radius 1 is 1.24 bits per heavy atom. The summed E-state index contributed by atoms with van der Waals surface area (Å²) in [5.74, 6) is -1.07. The van der Waals surface area contributed by atoms with Gasteiger partial charge >= 0.3 is 6.18 Å². The van der Waals surface area contributed by atoms with E-state index in [1.807, 2.05) is 0 Å². The van der Waals surface area contributed by atoms with Crippen molar-refractivity contribution in [3.05, 3.63) is 57.6 Å². The third kappa shape index (κ3) is 4.60. The minimum absolute atomic E-state index is 0.0330. The number of ether oxygens (including phenoxy) is 1. The van der Waals surface area contributed by atoms with E-state index >= 15 is 0 Å². The van der Waals surface area contributed by atoms with Gasteiger partial charge < -0.3 is 10.1 Å². The molecule has 0 spiro atoms. The second kappa shape index (κ2) is 7.69. The molecule has 0 bridgehead atoms. The Balaban J connectivity index is 2.35. The fourth-order valence-electron chi connectivity index (χ4n) is 2.07. The molecule has 4 nitrogen and oxygen atoms in total. The maximum Gasteiger partial charge on any atom is 0.420 e. The maximum atomic E-state index is 13.2. The van der Waals surface area contributed by atoms with E-state index in [2.05, 4.69) is 21.2 Å². The van der Waals surface area contributed by atoms with Gasteiger partial charge in [-0.25, -0.2) is 0 Å². The lowest BCUT2D eigenvalue weighted by Crippen LogP contribution is -2.15. The molecule has 0 atom stereocenters. The topological polar surface area (TPSA) is 55.4 Å². The molecule has 2 aromatic rings. The Kier molecular flexibility index (Phi) is 5.84. The predicted molar refractivity (Wildman–Crippen MR) is 90.1 cm³/mol. The average Bonchev–Trinajstić information content (AvgIpc) is 2.56. The van der Waals surface area contributed by atoms with Crippen LogP contribution < -0.4 is 10.1 Å². The standard InChI is InChI=1S/C17H13BrF3NO3/c1-2-25-15-13(17(19,20)21)7-11(8-14(15)18)16(24)22-12-5-3-10(9-23)4-6-12/h3-9H,2H2,1H3,(H,22,24).